The number of carbonyl (C=O) groups excluding carboxylic acids is 1. The maximum absolute atomic E-state index is 11.3. The molecule has 122 valence electrons. The molecule has 2 aromatic heterocycles. The summed E-state index contributed by atoms with van der Waals surface area (Å²) in [6.45, 7) is 0. The minimum Gasteiger partial charge on any atom is -0.359 e. The number of aromatic amines is 1. The van der Waals surface area contributed by atoms with Gasteiger partial charge < -0.3 is 5.32 Å². The van der Waals surface area contributed by atoms with Crippen LogP contribution in [0, 0.1) is 0 Å². The highest BCUT2D eigenvalue weighted by molar-refractivity contribution is 7.99. The second kappa shape index (κ2) is 7.79. The number of thioether (sulfide) groups is 1. The molecule has 1 amide bonds. The van der Waals surface area contributed by atoms with Gasteiger partial charge in [-0.2, -0.15) is 5.10 Å². The third-order valence-corrected chi connectivity index (χ3v) is 4.54. The van der Waals surface area contributed by atoms with Gasteiger partial charge in [0.2, 0.25) is 5.91 Å². The first-order chi connectivity index (χ1) is 11.8. The molecule has 0 aliphatic rings. The Morgan fingerprint density at radius 2 is 2.21 bits per heavy atom. The molecule has 3 rings (SSSR count). The zero-order chi connectivity index (χ0) is 16.8. The number of nitrogens with zero attached hydrogens (tertiary/aromatic N) is 2. The lowest BCUT2D eigenvalue weighted by Crippen LogP contribution is -2.17. The van der Waals surface area contributed by atoms with Gasteiger partial charge in [-0.3, -0.25) is 14.9 Å². The smallest absolute Gasteiger partial charge is 0.220 e. The molecule has 2 N–H and O–H groups in total. The number of amides is 1. The minimum atomic E-state index is 0.0621. The van der Waals surface area contributed by atoms with Crippen LogP contribution in [-0.4, -0.2) is 33.9 Å². The molecule has 0 fully saturated rings. The summed E-state index contributed by atoms with van der Waals surface area (Å²) in [7, 11) is 1.66. The second-order valence-corrected chi connectivity index (χ2v) is 6.34. The Balaban J connectivity index is 1.71. The molecule has 3 aromatic rings. The molecule has 2 heterocycles. The van der Waals surface area contributed by atoms with Gasteiger partial charge in [0.05, 0.1) is 16.9 Å². The summed E-state index contributed by atoms with van der Waals surface area (Å²) in [6, 6.07) is 12.0. The van der Waals surface area contributed by atoms with E-state index < -0.39 is 0 Å². The zero-order valence-electron chi connectivity index (χ0n) is 13.3. The van der Waals surface area contributed by atoms with Crippen LogP contribution in [-0.2, 0) is 4.79 Å². The van der Waals surface area contributed by atoms with E-state index in [0.717, 1.165) is 32.9 Å². The quantitative estimate of drug-likeness (QED) is 0.676. The third kappa shape index (κ3) is 4.02. The zero-order valence-corrected chi connectivity index (χ0v) is 14.1. The van der Waals surface area contributed by atoms with Gasteiger partial charge >= 0.3 is 0 Å². The van der Waals surface area contributed by atoms with E-state index in [2.05, 4.69) is 38.7 Å². The highest BCUT2D eigenvalue weighted by atomic mass is 32.2. The summed E-state index contributed by atoms with van der Waals surface area (Å²) in [5.41, 5.74) is 2.77. The van der Waals surface area contributed by atoms with Crippen LogP contribution >= 0.6 is 11.8 Å². The topological polar surface area (TPSA) is 70.7 Å². The average Bonchev–Trinajstić information content (AvgIpc) is 3.03. The predicted octanol–water partition coefficient (Wildman–Crippen LogP) is 3.36. The molecule has 0 bridgehead atoms. The van der Waals surface area contributed by atoms with Crippen LogP contribution in [0.15, 0.2) is 47.5 Å². The van der Waals surface area contributed by atoms with Crippen molar-refractivity contribution in [3.05, 3.63) is 54.0 Å². The van der Waals surface area contributed by atoms with E-state index in [1.54, 1.807) is 25.0 Å². The van der Waals surface area contributed by atoms with Crippen molar-refractivity contribution >= 4 is 40.7 Å². The lowest BCUT2D eigenvalue weighted by atomic mass is 10.2. The second-order valence-electron chi connectivity index (χ2n) is 5.18. The number of rotatable bonds is 6. The summed E-state index contributed by atoms with van der Waals surface area (Å²) in [5, 5.41) is 11.1. The highest BCUT2D eigenvalue weighted by Gasteiger charge is 2.05. The van der Waals surface area contributed by atoms with Crippen molar-refractivity contribution in [1.82, 2.24) is 20.5 Å². The molecule has 1 aromatic carbocycles. The van der Waals surface area contributed by atoms with Crippen molar-refractivity contribution in [1.29, 1.82) is 0 Å². The minimum absolute atomic E-state index is 0.0621. The van der Waals surface area contributed by atoms with Gasteiger partial charge in [-0.25, -0.2) is 0 Å². The number of pyridine rings is 1. The van der Waals surface area contributed by atoms with Gasteiger partial charge in [-0.15, -0.1) is 11.8 Å². The number of hydrogen-bond donors (Lipinski definition) is 2. The summed E-state index contributed by atoms with van der Waals surface area (Å²) >= 11 is 1.66. The number of nitrogens with one attached hydrogen (secondary N) is 2. The molecule has 0 spiro atoms. The van der Waals surface area contributed by atoms with E-state index >= 15 is 0 Å². The summed E-state index contributed by atoms with van der Waals surface area (Å²) in [5.74, 6) is 0.818. The van der Waals surface area contributed by atoms with Crippen LogP contribution in [0.25, 0.3) is 23.1 Å². The molecule has 0 aliphatic heterocycles. The third-order valence-electron chi connectivity index (χ3n) is 3.54. The number of H-pyrrole nitrogens is 1. The van der Waals surface area contributed by atoms with Gasteiger partial charge in [0, 0.05) is 35.7 Å². The largest absolute Gasteiger partial charge is 0.359 e. The number of aromatic nitrogens is 3. The first-order valence-electron chi connectivity index (χ1n) is 7.67. The Hall–Kier alpha value is -2.60. The maximum atomic E-state index is 11.3. The van der Waals surface area contributed by atoms with Crippen molar-refractivity contribution in [3.8, 4) is 0 Å². The van der Waals surface area contributed by atoms with Crippen LogP contribution in [0.2, 0.25) is 0 Å². The number of fused-ring (bicyclic) bond motifs is 1. The molecule has 0 saturated carbocycles. The molecule has 0 radical (unpaired) electrons. The van der Waals surface area contributed by atoms with Gasteiger partial charge in [0.25, 0.3) is 0 Å². The summed E-state index contributed by atoms with van der Waals surface area (Å²) in [4.78, 5) is 16.6. The Morgan fingerprint density at radius 3 is 3.00 bits per heavy atom. The van der Waals surface area contributed by atoms with E-state index in [4.69, 9.17) is 0 Å². The molecular weight excluding hydrogens is 320 g/mol. The van der Waals surface area contributed by atoms with Crippen LogP contribution in [0.1, 0.15) is 17.8 Å². The summed E-state index contributed by atoms with van der Waals surface area (Å²) in [6.07, 6.45) is 6.19. The molecular formula is C18H18N4OS. The lowest BCUT2D eigenvalue weighted by Gasteiger charge is -2.01. The normalized spacial score (nSPS) is 11.2. The predicted molar refractivity (Wildman–Crippen MR) is 98.7 cm³/mol. The van der Waals surface area contributed by atoms with Gasteiger partial charge in [-0.05, 0) is 42.5 Å². The van der Waals surface area contributed by atoms with E-state index in [-0.39, 0.29) is 5.91 Å². The molecule has 0 saturated heterocycles. The molecule has 0 atom stereocenters. The lowest BCUT2D eigenvalue weighted by molar-refractivity contribution is -0.120. The molecule has 24 heavy (non-hydrogen) atoms. The fourth-order valence-corrected chi connectivity index (χ4v) is 3.15. The van der Waals surface area contributed by atoms with Gasteiger partial charge in [0.1, 0.15) is 0 Å². The highest BCUT2D eigenvalue weighted by Crippen LogP contribution is 2.25. The molecule has 0 unspecified atom stereocenters. The van der Waals surface area contributed by atoms with Gasteiger partial charge in [-0.1, -0.05) is 6.07 Å². The Labute approximate surface area is 144 Å². The van der Waals surface area contributed by atoms with E-state index in [0.29, 0.717) is 6.42 Å². The molecule has 0 aliphatic carbocycles. The standard InChI is InChI=1S/C18H18N4OS/c1-19-18(23)9-11-24-14-6-7-15-16(21-22-17(15)12-14)8-5-13-4-2-3-10-20-13/h2-8,10,12H,9,11H2,1H3,(H,19,23)(H,21,22)/b8-5+. The maximum Gasteiger partial charge on any atom is 0.220 e. The summed E-state index contributed by atoms with van der Waals surface area (Å²) < 4.78 is 0. The van der Waals surface area contributed by atoms with Crippen LogP contribution < -0.4 is 5.32 Å². The molecule has 5 nitrogen and oxygen atoms in total. The monoisotopic (exact) mass is 338 g/mol. The van der Waals surface area contributed by atoms with E-state index in [9.17, 15) is 4.79 Å². The van der Waals surface area contributed by atoms with E-state index in [1.165, 1.54) is 0 Å². The molecule has 6 heteroatoms. The van der Waals surface area contributed by atoms with Crippen molar-refractivity contribution in [2.75, 3.05) is 12.8 Å². The Morgan fingerprint density at radius 1 is 1.29 bits per heavy atom. The van der Waals surface area contributed by atoms with E-state index in [1.807, 2.05) is 30.4 Å². The Kier molecular flexibility index (Phi) is 5.28. The average molecular weight is 338 g/mol. The number of carbonyl (C=O) groups is 1. The van der Waals surface area contributed by atoms with Crippen LogP contribution in [0.5, 0.6) is 0 Å². The van der Waals surface area contributed by atoms with Crippen molar-refractivity contribution in [2.45, 2.75) is 11.3 Å². The fourth-order valence-electron chi connectivity index (χ4n) is 2.26. The van der Waals surface area contributed by atoms with Crippen molar-refractivity contribution in [2.24, 2.45) is 0 Å². The van der Waals surface area contributed by atoms with Crippen LogP contribution in [0.3, 0.4) is 0 Å². The van der Waals surface area contributed by atoms with Gasteiger partial charge in [0.15, 0.2) is 0 Å². The van der Waals surface area contributed by atoms with Crippen molar-refractivity contribution < 1.29 is 4.79 Å². The Bertz CT molecular complexity index is 858. The number of hydrogen-bond acceptors (Lipinski definition) is 4. The fraction of sp³-hybridized carbons (Fsp3) is 0.167. The van der Waals surface area contributed by atoms with Crippen LogP contribution in [0.4, 0.5) is 0 Å². The van der Waals surface area contributed by atoms with Crippen molar-refractivity contribution in [3.63, 3.8) is 0 Å². The first-order valence-corrected chi connectivity index (χ1v) is 8.65. The first kappa shape index (κ1) is 16.3. The number of benzene rings is 1. The SMILES string of the molecule is CNC(=O)CCSc1ccc2c(/C=C/c3ccccn3)n[nH]c2c1.